The molecule has 0 spiro atoms. The third-order valence-corrected chi connectivity index (χ3v) is 13.9. The summed E-state index contributed by atoms with van der Waals surface area (Å²) in [5.74, 6) is 5.07. The van der Waals surface area contributed by atoms with E-state index in [0.717, 1.165) is 42.4 Å². The van der Waals surface area contributed by atoms with Crippen LogP contribution in [0.2, 0.25) is 0 Å². The van der Waals surface area contributed by atoms with Gasteiger partial charge in [0, 0.05) is 12.3 Å². The zero-order valence-electron chi connectivity index (χ0n) is 21.9. The number of Topliss-reactive ketones (excluding diaryl/α,β-unsaturated/α-hetero) is 1. The lowest BCUT2D eigenvalue weighted by Gasteiger charge is -2.73. The summed E-state index contributed by atoms with van der Waals surface area (Å²) in [6.07, 6.45) is 13.3. The molecular weight excluding hydrogens is 376 g/mol. The van der Waals surface area contributed by atoms with E-state index in [0.29, 0.717) is 27.4 Å². The van der Waals surface area contributed by atoms with Crippen LogP contribution >= 0.6 is 0 Å². The van der Waals surface area contributed by atoms with E-state index in [9.17, 15) is 4.79 Å². The Morgan fingerprint density at radius 1 is 0.677 bits per heavy atom. The average molecular weight is 427 g/mol. The summed E-state index contributed by atoms with van der Waals surface area (Å²) in [6.45, 7) is 20.6. The molecule has 0 aliphatic heterocycles. The third kappa shape index (κ3) is 2.53. The van der Waals surface area contributed by atoms with Gasteiger partial charge in [-0.3, -0.25) is 4.79 Å². The van der Waals surface area contributed by atoms with Gasteiger partial charge in [0.25, 0.3) is 0 Å². The summed E-state index contributed by atoms with van der Waals surface area (Å²) in [7, 11) is 0. The molecule has 10 atom stereocenters. The van der Waals surface area contributed by atoms with Crippen LogP contribution in [-0.2, 0) is 4.79 Å². The first-order chi connectivity index (χ1) is 14.3. The van der Waals surface area contributed by atoms with Crippen LogP contribution < -0.4 is 0 Å². The van der Waals surface area contributed by atoms with Gasteiger partial charge in [0.2, 0.25) is 0 Å². The number of rotatable bonds is 1. The lowest BCUT2D eigenvalue weighted by molar-refractivity contribution is -0.245. The van der Waals surface area contributed by atoms with Gasteiger partial charge in [0.15, 0.2) is 0 Å². The van der Waals surface area contributed by atoms with Crippen LogP contribution in [0.3, 0.4) is 0 Å². The minimum Gasteiger partial charge on any atom is -0.299 e. The molecule has 5 fully saturated rings. The molecule has 0 amide bonds. The SMILES string of the molecule is CC(C)C1CCC2C1(C)CCC1(C)C3CCC4(C)C(C)C(=O)CCC4C3(C)CCC21C. The van der Waals surface area contributed by atoms with Crippen molar-refractivity contribution in [3.05, 3.63) is 0 Å². The maximum atomic E-state index is 12.7. The summed E-state index contributed by atoms with van der Waals surface area (Å²) in [6, 6.07) is 0. The lowest BCUT2D eigenvalue weighted by Crippen LogP contribution is -2.66. The first-order valence-electron chi connectivity index (χ1n) is 13.9. The quantitative estimate of drug-likeness (QED) is 0.412. The maximum absolute atomic E-state index is 12.7. The van der Waals surface area contributed by atoms with Crippen LogP contribution in [-0.4, -0.2) is 5.78 Å². The largest absolute Gasteiger partial charge is 0.299 e. The normalized spacial score (nSPS) is 59.0. The number of hydrogen-bond donors (Lipinski definition) is 0. The number of fused-ring (bicyclic) bond motifs is 7. The summed E-state index contributed by atoms with van der Waals surface area (Å²) in [5, 5.41) is 0. The van der Waals surface area contributed by atoms with Crippen LogP contribution in [0.15, 0.2) is 0 Å². The summed E-state index contributed by atoms with van der Waals surface area (Å²) in [5.41, 5.74) is 2.20. The summed E-state index contributed by atoms with van der Waals surface area (Å²) in [4.78, 5) is 12.7. The molecule has 0 aromatic heterocycles. The monoisotopic (exact) mass is 426 g/mol. The van der Waals surface area contributed by atoms with Gasteiger partial charge in [-0.25, -0.2) is 0 Å². The Labute approximate surface area is 192 Å². The molecule has 0 saturated heterocycles. The highest BCUT2D eigenvalue weighted by Crippen LogP contribution is 2.78. The fourth-order valence-corrected chi connectivity index (χ4v) is 11.9. The number of carbonyl (C=O) groups is 1. The molecule has 5 saturated carbocycles. The van der Waals surface area contributed by atoms with Gasteiger partial charge >= 0.3 is 0 Å². The van der Waals surface area contributed by atoms with E-state index in [1.807, 2.05) is 0 Å². The predicted molar refractivity (Wildman–Crippen MR) is 130 cm³/mol. The van der Waals surface area contributed by atoms with Crippen LogP contribution in [0.4, 0.5) is 0 Å². The third-order valence-electron chi connectivity index (χ3n) is 13.9. The molecule has 5 aliphatic rings. The fourth-order valence-electron chi connectivity index (χ4n) is 11.9. The lowest BCUT2D eigenvalue weighted by atomic mass is 9.31. The zero-order valence-corrected chi connectivity index (χ0v) is 21.9. The molecule has 1 nitrogen and oxygen atoms in total. The van der Waals surface area contributed by atoms with Crippen LogP contribution in [0.1, 0.15) is 120 Å². The Hall–Kier alpha value is -0.330. The van der Waals surface area contributed by atoms with Crippen LogP contribution in [0.25, 0.3) is 0 Å². The second kappa shape index (κ2) is 6.63. The molecule has 5 aliphatic carbocycles. The molecule has 1 heteroatoms. The molecule has 0 bridgehead atoms. The molecular formula is C30H50O. The van der Waals surface area contributed by atoms with Crippen molar-refractivity contribution in [3.63, 3.8) is 0 Å². The second-order valence-electron chi connectivity index (χ2n) is 14.7. The first kappa shape index (κ1) is 22.5. The first-order valence-corrected chi connectivity index (χ1v) is 13.9. The number of hydrogen-bond acceptors (Lipinski definition) is 1. The topological polar surface area (TPSA) is 17.1 Å². The van der Waals surface area contributed by atoms with E-state index in [4.69, 9.17) is 0 Å². The van der Waals surface area contributed by atoms with Crippen molar-refractivity contribution >= 4 is 5.78 Å². The minimum absolute atomic E-state index is 0.240. The highest BCUT2D eigenvalue weighted by molar-refractivity contribution is 5.82. The highest BCUT2D eigenvalue weighted by Gasteiger charge is 2.71. The van der Waals surface area contributed by atoms with Gasteiger partial charge in [-0.15, -0.1) is 0 Å². The Kier molecular flexibility index (Phi) is 4.80. The van der Waals surface area contributed by atoms with Gasteiger partial charge in [-0.05, 0) is 114 Å². The Morgan fingerprint density at radius 2 is 1.26 bits per heavy atom. The van der Waals surface area contributed by atoms with Crippen molar-refractivity contribution in [1.29, 1.82) is 0 Å². The molecule has 0 radical (unpaired) electrons. The second-order valence-corrected chi connectivity index (χ2v) is 14.7. The number of ketones is 1. The van der Waals surface area contributed by atoms with Gasteiger partial charge in [0.05, 0.1) is 0 Å². The molecule has 0 heterocycles. The van der Waals surface area contributed by atoms with Crippen molar-refractivity contribution in [2.45, 2.75) is 120 Å². The smallest absolute Gasteiger partial charge is 0.136 e. The summed E-state index contributed by atoms with van der Waals surface area (Å²) < 4.78 is 0. The highest BCUT2D eigenvalue weighted by atomic mass is 16.1. The Morgan fingerprint density at radius 3 is 1.87 bits per heavy atom. The van der Waals surface area contributed by atoms with E-state index in [1.165, 1.54) is 51.4 Å². The Bertz CT molecular complexity index is 768. The van der Waals surface area contributed by atoms with Crippen molar-refractivity contribution < 1.29 is 4.79 Å². The molecule has 0 aromatic carbocycles. The van der Waals surface area contributed by atoms with Crippen molar-refractivity contribution in [2.75, 3.05) is 0 Å². The maximum Gasteiger partial charge on any atom is 0.136 e. The van der Waals surface area contributed by atoms with Gasteiger partial charge in [0.1, 0.15) is 5.78 Å². The van der Waals surface area contributed by atoms with Crippen LogP contribution in [0.5, 0.6) is 0 Å². The van der Waals surface area contributed by atoms with Crippen molar-refractivity contribution in [3.8, 4) is 0 Å². The number of carbonyl (C=O) groups excluding carboxylic acids is 1. The Balaban J connectivity index is 1.53. The molecule has 176 valence electrons. The van der Waals surface area contributed by atoms with E-state index in [1.54, 1.807) is 0 Å². The molecule has 0 N–H and O–H groups in total. The average Bonchev–Trinajstić information content (AvgIpc) is 3.06. The fraction of sp³-hybridized carbons (Fsp3) is 0.967. The standard InChI is InChI=1S/C30H50O/c1-19(2)21-9-11-24-27(21,5)15-17-30(8)25-13-14-26(4)20(3)22(31)10-12-23(26)28(25,6)16-18-29(24,30)7/h19-21,23-25H,9-18H2,1-8H3. The molecule has 0 aromatic rings. The molecule has 31 heavy (non-hydrogen) atoms. The summed E-state index contributed by atoms with van der Waals surface area (Å²) >= 11 is 0. The molecule has 5 rings (SSSR count). The van der Waals surface area contributed by atoms with Crippen molar-refractivity contribution in [1.82, 2.24) is 0 Å². The van der Waals surface area contributed by atoms with Crippen molar-refractivity contribution in [2.24, 2.45) is 62.6 Å². The van der Waals surface area contributed by atoms with E-state index >= 15 is 0 Å². The van der Waals surface area contributed by atoms with E-state index in [2.05, 4.69) is 55.4 Å². The zero-order chi connectivity index (χ0) is 22.6. The van der Waals surface area contributed by atoms with Gasteiger partial charge in [-0.1, -0.05) is 55.4 Å². The van der Waals surface area contributed by atoms with Gasteiger partial charge in [-0.2, -0.15) is 0 Å². The van der Waals surface area contributed by atoms with Gasteiger partial charge < -0.3 is 0 Å². The molecule has 10 unspecified atom stereocenters. The minimum atomic E-state index is 0.240. The van der Waals surface area contributed by atoms with E-state index in [-0.39, 0.29) is 11.3 Å². The predicted octanol–water partition coefficient (Wildman–Crippen LogP) is 8.31. The van der Waals surface area contributed by atoms with E-state index < -0.39 is 0 Å². The van der Waals surface area contributed by atoms with Crippen LogP contribution in [0, 0.1) is 62.6 Å².